The Morgan fingerprint density at radius 1 is 0.692 bits per heavy atom. The van der Waals surface area contributed by atoms with E-state index in [9.17, 15) is 0 Å². The number of rotatable bonds is 5. The van der Waals surface area contributed by atoms with Crippen LogP contribution in [0.4, 0.5) is 0 Å². The molecule has 0 unspecified atom stereocenters. The van der Waals surface area contributed by atoms with Gasteiger partial charge in [-0.25, -0.2) is 0 Å². The fourth-order valence-corrected chi connectivity index (χ4v) is 2.54. The Kier molecular flexibility index (Phi) is 5.65. The Hall–Kier alpha value is -3.57. The first-order valence-corrected chi connectivity index (χ1v) is 8.37. The fourth-order valence-electron chi connectivity index (χ4n) is 2.54. The number of nitrogens with zero attached hydrogens (tertiary/aromatic N) is 1. The lowest BCUT2D eigenvalue weighted by atomic mass is 10.1. The van der Waals surface area contributed by atoms with E-state index in [0.29, 0.717) is 5.56 Å². The molecular weight excluding hydrogens is 318 g/mol. The normalized spacial score (nSPS) is 10.9. The second-order valence-electron chi connectivity index (χ2n) is 5.84. The number of ether oxygens (including phenoxy) is 1. The van der Waals surface area contributed by atoms with Crippen LogP contribution in [0.25, 0.3) is 24.3 Å². The summed E-state index contributed by atoms with van der Waals surface area (Å²) in [6.07, 6.45) is 8.31. The van der Waals surface area contributed by atoms with E-state index in [0.717, 1.165) is 28.0 Å². The van der Waals surface area contributed by atoms with E-state index >= 15 is 0 Å². The Labute approximate surface area is 154 Å². The third-order valence-corrected chi connectivity index (χ3v) is 4.00. The minimum Gasteiger partial charge on any atom is -0.497 e. The van der Waals surface area contributed by atoms with E-state index in [2.05, 4.69) is 42.5 Å². The molecule has 0 atom stereocenters. The molecule has 0 heterocycles. The van der Waals surface area contributed by atoms with Crippen molar-refractivity contribution in [2.24, 2.45) is 0 Å². The predicted molar refractivity (Wildman–Crippen MR) is 108 cm³/mol. The molecular formula is C24H19NO. The highest BCUT2D eigenvalue weighted by Gasteiger charge is 1.94. The van der Waals surface area contributed by atoms with Crippen LogP contribution in [0, 0.1) is 11.3 Å². The van der Waals surface area contributed by atoms with Crippen LogP contribution in [0.1, 0.15) is 27.8 Å². The van der Waals surface area contributed by atoms with Gasteiger partial charge in [0.1, 0.15) is 5.75 Å². The fraction of sp³-hybridized carbons (Fsp3) is 0.0417. The van der Waals surface area contributed by atoms with E-state index in [4.69, 9.17) is 10.00 Å². The predicted octanol–water partition coefficient (Wildman–Crippen LogP) is 5.91. The lowest BCUT2D eigenvalue weighted by Crippen LogP contribution is -1.81. The molecule has 0 N–H and O–H groups in total. The van der Waals surface area contributed by atoms with Crippen molar-refractivity contribution in [3.05, 3.63) is 101 Å². The van der Waals surface area contributed by atoms with Crippen LogP contribution in [0.3, 0.4) is 0 Å². The summed E-state index contributed by atoms with van der Waals surface area (Å²) < 4.78 is 5.18. The molecule has 0 fully saturated rings. The molecule has 0 amide bonds. The second kappa shape index (κ2) is 8.50. The molecule has 126 valence electrons. The van der Waals surface area contributed by atoms with Gasteiger partial charge in [-0.2, -0.15) is 5.26 Å². The second-order valence-corrected chi connectivity index (χ2v) is 5.84. The van der Waals surface area contributed by atoms with Gasteiger partial charge in [0.05, 0.1) is 18.7 Å². The topological polar surface area (TPSA) is 33.0 Å². The van der Waals surface area contributed by atoms with Crippen molar-refractivity contribution in [2.75, 3.05) is 7.11 Å². The van der Waals surface area contributed by atoms with Crippen molar-refractivity contribution >= 4 is 24.3 Å². The minimum atomic E-state index is 0.674. The SMILES string of the molecule is COc1ccc(/C=C/c2cccc(/C=C/c3ccc(C#N)cc3)c2)cc1. The monoisotopic (exact) mass is 337 g/mol. The summed E-state index contributed by atoms with van der Waals surface area (Å²) in [5.74, 6) is 0.858. The molecule has 2 nitrogen and oxygen atoms in total. The molecule has 3 aromatic carbocycles. The van der Waals surface area contributed by atoms with Gasteiger partial charge in [-0.1, -0.05) is 66.8 Å². The molecule has 0 aromatic heterocycles. The van der Waals surface area contributed by atoms with Gasteiger partial charge >= 0.3 is 0 Å². The highest BCUT2D eigenvalue weighted by Crippen LogP contribution is 2.16. The van der Waals surface area contributed by atoms with Gasteiger partial charge < -0.3 is 4.74 Å². The van der Waals surface area contributed by atoms with Crippen LogP contribution in [-0.4, -0.2) is 7.11 Å². The van der Waals surface area contributed by atoms with Crippen molar-refractivity contribution in [3.63, 3.8) is 0 Å². The van der Waals surface area contributed by atoms with Gasteiger partial charge in [-0.05, 0) is 52.6 Å². The lowest BCUT2D eigenvalue weighted by molar-refractivity contribution is 0.415. The van der Waals surface area contributed by atoms with Crippen LogP contribution >= 0.6 is 0 Å². The smallest absolute Gasteiger partial charge is 0.118 e. The molecule has 26 heavy (non-hydrogen) atoms. The van der Waals surface area contributed by atoms with Crippen LogP contribution < -0.4 is 4.74 Å². The average molecular weight is 337 g/mol. The lowest BCUT2D eigenvalue weighted by Gasteiger charge is -2.00. The molecule has 0 radical (unpaired) electrons. The number of nitriles is 1. The summed E-state index contributed by atoms with van der Waals surface area (Å²) >= 11 is 0. The van der Waals surface area contributed by atoms with E-state index in [1.807, 2.05) is 60.7 Å². The zero-order valence-corrected chi connectivity index (χ0v) is 14.6. The maximum Gasteiger partial charge on any atom is 0.118 e. The quantitative estimate of drug-likeness (QED) is 0.542. The summed E-state index contributed by atoms with van der Waals surface area (Å²) in [4.78, 5) is 0. The van der Waals surface area contributed by atoms with Crippen LogP contribution in [0.15, 0.2) is 72.8 Å². The van der Waals surface area contributed by atoms with Gasteiger partial charge in [0.15, 0.2) is 0 Å². The van der Waals surface area contributed by atoms with E-state index in [-0.39, 0.29) is 0 Å². The maximum atomic E-state index is 8.85. The van der Waals surface area contributed by atoms with Gasteiger partial charge in [0, 0.05) is 0 Å². The summed E-state index contributed by atoms with van der Waals surface area (Å²) in [7, 11) is 1.67. The molecule has 3 aromatic rings. The van der Waals surface area contributed by atoms with E-state index < -0.39 is 0 Å². The Morgan fingerprint density at radius 3 is 1.69 bits per heavy atom. The molecule has 0 bridgehead atoms. The number of benzene rings is 3. The maximum absolute atomic E-state index is 8.85. The van der Waals surface area contributed by atoms with Crippen LogP contribution in [-0.2, 0) is 0 Å². The van der Waals surface area contributed by atoms with Crippen molar-refractivity contribution in [1.29, 1.82) is 5.26 Å². The third-order valence-electron chi connectivity index (χ3n) is 4.00. The average Bonchev–Trinajstić information content (AvgIpc) is 2.72. The first-order chi connectivity index (χ1) is 12.8. The molecule has 0 saturated heterocycles. The van der Waals surface area contributed by atoms with Gasteiger partial charge in [-0.3, -0.25) is 0 Å². The van der Waals surface area contributed by atoms with Crippen molar-refractivity contribution in [1.82, 2.24) is 0 Å². The van der Waals surface area contributed by atoms with Gasteiger partial charge in [-0.15, -0.1) is 0 Å². The van der Waals surface area contributed by atoms with Crippen molar-refractivity contribution < 1.29 is 4.74 Å². The van der Waals surface area contributed by atoms with Crippen LogP contribution in [0.5, 0.6) is 5.75 Å². The Bertz CT molecular complexity index is 958. The zero-order valence-electron chi connectivity index (χ0n) is 14.6. The summed E-state index contributed by atoms with van der Waals surface area (Å²) in [5, 5.41) is 8.85. The third kappa shape index (κ3) is 4.72. The number of hydrogen-bond donors (Lipinski definition) is 0. The minimum absolute atomic E-state index is 0.674. The zero-order chi connectivity index (χ0) is 18.2. The van der Waals surface area contributed by atoms with Crippen molar-refractivity contribution in [3.8, 4) is 11.8 Å². The standard InChI is InChI=1S/C24H19NO/c1-26-24-15-13-20(14-16-24)6-10-22-4-2-3-21(17-22)9-5-19-7-11-23(18-25)12-8-19/h2-17H,1H3/b9-5+,10-6+. The van der Waals surface area contributed by atoms with Gasteiger partial charge in [0.25, 0.3) is 0 Å². The van der Waals surface area contributed by atoms with Crippen molar-refractivity contribution in [2.45, 2.75) is 0 Å². The molecule has 0 saturated carbocycles. The first-order valence-electron chi connectivity index (χ1n) is 8.37. The Morgan fingerprint density at radius 2 is 1.19 bits per heavy atom. The molecule has 0 aliphatic heterocycles. The molecule has 0 aliphatic carbocycles. The van der Waals surface area contributed by atoms with E-state index in [1.165, 1.54) is 0 Å². The van der Waals surface area contributed by atoms with Gasteiger partial charge in [0.2, 0.25) is 0 Å². The highest BCUT2D eigenvalue weighted by molar-refractivity contribution is 5.74. The van der Waals surface area contributed by atoms with Crippen LogP contribution in [0.2, 0.25) is 0 Å². The molecule has 0 aliphatic rings. The number of hydrogen-bond acceptors (Lipinski definition) is 2. The molecule has 2 heteroatoms. The summed E-state index contributed by atoms with van der Waals surface area (Å²) in [6.45, 7) is 0. The number of methoxy groups -OCH3 is 1. The highest BCUT2D eigenvalue weighted by atomic mass is 16.5. The largest absolute Gasteiger partial charge is 0.497 e. The summed E-state index contributed by atoms with van der Waals surface area (Å²) in [5.41, 5.74) is 5.15. The summed E-state index contributed by atoms with van der Waals surface area (Å²) in [6, 6.07) is 26.0. The molecule has 0 spiro atoms. The van der Waals surface area contributed by atoms with E-state index in [1.54, 1.807) is 7.11 Å². The first kappa shape index (κ1) is 17.3. The Balaban J connectivity index is 1.71. The molecule has 3 rings (SSSR count).